The molecule has 0 radical (unpaired) electrons. The second-order valence-corrected chi connectivity index (χ2v) is 7.39. The predicted octanol–water partition coefficient (Wildman–Crippen LogP) is 4.92. The van der Waals surface area contributed by atoms with Crippen molar-refractivity contribution in [2.24, 2.45) is 7.05 Å². The summed E-state index contributed by atoms with van der Waals surface area (Å²) in [6, 6.07) is 14.3. The summed E-state index contributed by atoms with van der Waals surface area (Å²) in [5.41, 5.74) is 2.73. The fraction of sp³-hybridized carbons (Fsp3) is 0.174. The smallest absolute Gasteiger partial charge is 0.270 e. The van der Waals surface area contributed by atoms with Crippen LogP contribution in [0.2, 0.25) is 5.02 Å². The van der Waals surface area contributed by atoms with E-state index in [0.29, 0.717) is 34.8 Å². The average Bonchev–Trinajstić information content (AvgIpc) is 3.09. The number of carbonyl (C=O) groups excluding carboxylic acids is 1. The van der Waals surface area contributed by atoms with E-state index in [2.05, 4.69) is 20.6 Å². The molecule has 0 spiro atoms. The maximum atomic E-state index is 12.1. The molecule has 0 saturated carbocycles. The van der Waals surface area contributed by atoms with E-state index in [1.165, 1.54) is 6.20 Å². The van der Waals surface area contributed by atoms with E-state index in [0.717, 1.165) is 16.7 Å². The van der Waals surface area contributed by atoms with Crippen molar-refractivity contribution in [2.45, 2.75) is 6.92 Å². The molecule has 4 rings (SSSR count). The lowest BCUT2D eigenvalue weighted by molar-refractivity contribution is 0.0950. The van der Waals surface area contributed by atoms with Crippen molar-refractivity contribution in [2.75, 3.05) is 19.0 Å². The summed E-state index contributed by atoms with van der Waals surface area (Å²) in [6.07, 6.45) is 1.53. The fourth-order valence-electron chi connectivity index (χ4n) is 3.19. The van der Waals surface area contributed by atoms with Crippen molar-refractivity contribution in [3.8, 4) is 17.2 Å². The Morgan fingerprint density at radius 1 is 1.12 bits per heavy atom. The Hall–Kier alpha value is -3.78. The molecule has 0 aliphatic heterocycles. The highest BCUT2D eigenvalue weighted by atomic mass is 35.5. The number of halogens is 1. The van der Waals surface area contributed by atoms with Gasteiger partial charge in [-0.2, -0.15) is 0 Å². The zero-order chi connectivity index (χ0) is 22.7. The van der Waals surface area contributed by atoms with Crippen molar-refractivity contribution >= 4 is 40.2 Å². The molecule has 0 atom stereocenters. The lowest BCUT2D eigenvalue weighted by atomic mass is 10.2. The first-order chi connectivity index (χ1) is 15.5. The molecule has 0 bridgehead atoms. The Labute approximate surface area is 190 Å². The molecule has 0 aliphatic rings. The topological polar surface area (TPSA) is 90.3 Å². The summed E-state index contributed by atoms with van der Waals surface area (Å²) in [5, 5.41) is 6.67. The molecule has 4 aromatic rings. The van der Waals surface area contributed by atoms with Gasteiger partial charge in [-0.15, -0.1) is 0 Å². The number of rotatable bonds is 7. The van der Waals surface area contributed by atoms with Crippen LogP contribution in [0, 0.1) is 0 Å². The number of benzene rings is 2. The van der Waals surface area contributed by atoms with Gasteiger partial charge < -0.3 is 24.7 Å². The van der Waals surface area contributed by atoms with Gasteiger partial charge in [0.25, 0.3) is 5.91 Å². The van der Waals surface area contributed by atoms with Crippen LogP contribution in [0.4, 0.5) is 11.6 Å². The highest BCUT2D eigenvalue weighted by Gasteiger charge is 2.15. The number of aromatic nitrogens is 3. The number of pyridine rings is 1. The number of carbonyl (C=O) groups is 1. The Morgan fingerprint density at radius 2 is 1.91 bits per heavy atom. The third-order valence-corrected chi connectivity index (χ3v) is 5.05. The van der Waals surface area contributed by atoms with Crippen LogP contribution in [0.3, 0.4) is 0 Å². The number of hydrogen-bond donors (Lipinski definition) is 2. The van der Waals surface area contributed by atoms with Crippen LogP contribution in [0.15, 0.2) is 54.7 Å². The number of methoxy groups -OCH3 is 1. The van der Waals surface area contributed by atoms with E-state index in [4.69, 9.17) is 21.1 Å². The first kappa shape index (κ1) is 21.5. The lowest BCUT2D eigenvalue weighted by Gasteiger charge is -2.11. The second kappa shape index (κ2) is 9.15. The molecule has 0 fully saturated rings. The van der Waals surface area contributed by atoms with E-state index in [1.54, 1.807) is 25.3 Å². The largest absolute Gasteiger partial charge is 0.493 e. The van der Waals surface area contributed by atoms with E-state index in [1.807, 2.05) is 48.9 Å². The standard InChI is InChI=1S/C23H22ClN5O3/c1-4-25-22(30)18-11-16(9-10-26-18)32-21-12-17-19(13-20(21)31-3)29(2)23(28-17)27-15-7-5-14(24)6-8-15/h5-13H,4H2,1-3H3,(H,25,30)(H,27,28). The summed E-state index contributed by atoms with van der Waals surface area (Å²) in [5.74, 6) is 1.88. The van der Waals surface area contributed by atoms with Crippen molar-refractivity contribution in [3.63, 3.8) is 0 Å². The maximum absolute atomic E-state index is 12.1. The number of nitrogens with one attached hydrogen (secondary N) is 2. The van der Waals surface area contributed by atoms with Crippen LogP contribution >= 0.6 is 11.6 Å². The van der Waals surface area contributed by atoms with Crippen molar-refractivity contribution in [3.05, 3.63) is 65.4 Å². The summed E-state index contributed by atoms with van der Waals surface area (Å²) in [6.45, 7) is 2.36. The minimum atomic E-state index is -0.261. The van der Waals surface area contributed by atoms with Crippen molar-refractivity contribution in [1.29, 1.82) is 0 Å². The zero-order valence-electron chi connectivity index (χ0n) is 17.8. The third kappa shape index (κ3) is 4.45. The molecule has 1 amide bonds. The van der Waals surface area contributed by atoms with Crippen molar-refractivity contribution < 1.29 is 14.3 Å². The molecular weight excluding hydrogens is 430 g/mol. The molecule has 9 heteroatoms. The Bertz CT molecular complexity index is 1270. The van der Waals surface area contributed by atoms with Gasteiger partial charge >= 0.3 is 0 Å². The molecule has 0 aliphatic carbocycles. The molecule has 2 aromatic heterocycles. The molecule has 0 unspecified atom stereocenters. The number of hydrogen-bond acceptors (Lipinski definition) is 6. The molecule has 0 saturated heterocycles. The van der Waals surface area contributed by atoms with Gasteiger partial charge in [-0.05, 0) is 37.3 Å². The fourth-order valence-corrected chi connectivity index (χ4v) is 3.32. The molecular formula is C23H22ClN5O3. The first-order valence-electron chi connectivity index (χ1n) is 9.97. The monoisotopic (exact) mass is 451 g/mol. The molecule has 2 N–H and O–H groups in total. The van der Waals surface area contributed by atoms with Crippen LogP contribution in [0.1, 0.15) is 17.4 Å². The zero-order valence-corrected chi connectivity index (χ0v) is 18.6. The van der Waals surface area contributed by atoms with Gasteiger partial charge in [0.15, 0.2) is 11.5 Å². The highest BCUT2D eigenvalue weighted by molar-refractivity contribution is 6.30. The van der Waals surface area contributed by atoms with E-state index in [-0.39, 0.29) is 11.6 Å². The van der Waals surface area contributed by atoms with E-state index >= 15 is 0 Å². The molecule has 2 aromatic carbocycles. The van der Waals surface area contributed by atoms with E-state index < -0.39 is 0 Å². The van der Waals surface area contributed by atoms with Gasteiger partial charge in [-0.3, -0.25) is 9.78 Å². The summed E-state index contributed by atoms with van der Waals surface area (Å²) in [4.78, 5) is 20.9. The second-order valence-electron chi connectivity index (χ2n) is 6.96. The summed E-state index contributed by atoms with van der Waals surface area (Å²) >= 11 is 5.97. The third-order valence-electron chi connectivity index (χ3n) is 4.80. The van der Waals surface area contributed by atoms with Gasteiger partial charge in [-0.25, -0.2) is 4.98 Å². The number of nitrogens with zero attached hydrogens (tertiary/aromatic N) is 3. The Morgan fingerprint density at radius 3 is 2.62 bits per heavy atom. The van der Waals surface area contributed by atoms with Gasteiger partial charge in [0, 0.05) is 48.7 Å². The Balaban J connectivity index is 1.66. The number of aryl methyl sites for hydroxylation is 1. The van der Waals surface area contributed by atoms with E-state index in [9.17, 15) is 4.79 Å². The predicted molar refractivity (Wildman–Crippen MR) is 124 cm³/mol. The normalized spacial score (nSPS) is 10.8. The average molecular weight is 452 g/mol. The van der Waals surface area contributed by atoms with Crippen LogP contribution < -0.4 is 20.1 Å². The summed E-state index contributed by atoms with van der Waals surface area (Å²) < 4.78 is 13.5. The quantitative estimate of drug-likeness (QED) is 0.414. The summed E-state index contributed by atoms with van der Waals surface area (Å²) in [7, 11) is 3.49. The van der Waals surface area contributed by atoms with Crippen molar-refractivity contribution in [1.82, 2.24) is 19.9 Å². The maximum Gasteiger partial charge on any atom is 0.270 e. The van der Waals surface area contributed by atoms with Gasteiger partial charge in [-0.1, -0.05) is 11.6 Å². The minimum absolute atomic E-state index is 0.261. The number of fused-ring (bicyclic) bond motifs is 1. The van der Waals surface area contributed by atoms with Gasteiger partial charge in [0.1, 0.15) is 11.4 Å². The first-order valence-corrected chi connectivity index (χ1v) is 10.4. The van der Waals surface area contributed by atoms with Gasteiger partial charge in [0.2, 0.25) is 5.95 Å². The van der Waals surface area contributed by atoms with Crippen LogP contribution in [0.25, 0.3) is 11.0 Å². The van der Waals surface area contributed by atoms with Crippen LogP contribution in [-0.2, 0) is 7.05 Å². The molecule has 8 nitrogen and oxygen atoms in total. The highest BCUT2D eigenvalue weighted by Crippen LogP contribution is 2.36. The number of anilines is 2. The van der Waals surface area contributed by atoms with Gasteiger partial charge in [0.05, 0.1) is 18.1 Å². The number of imidazole rings is 1. The molecule has 2 heterocycles. The lowest BCUT2D eigenvalue weighted by Crippen LogP contribution is -2.23. The molecule has 32 heavy (non-hydrogen) atoms. The molecule has 164 valence electrons. The van der Waals surface area contributed by atoms with Crippen LogP contribution in [0.5, 0.6) is 17.2 Å². The van der Waals surface area contributed by atoms with Crippen LogP contribution in [-0.4, -0.2) is 34.1 Å². The number of ether oxygens (including phenoxy) is 2. The number of amides is 1. The Kier molecular flexibility index (Phi) is 6.13. The minimum Gasteiger partial charge on any atom is -0.493 e. The SMILES string of the molecule is CCNC(=O)c1cc(Oc2cc3nc(Nc4ccc(Cl)cc4)n(C)c3cc2OC)ccn1.